The van der Waals surface area contributed by atoms with E-state index in [-0.39, 0.29) is 28.5 Å². The van der Waals surface area contributed by atoms with Crippen molar-refractivity contribution < 1.29 is 14.3 Å². The summed E-state index contributed by atoms with van der Waals surface area (Å²) in [5.41, 5.74) is 2.26. The fraction of sp³-hybridized carbons (Fsp3) is 0.0526. The van der Waals surface area contributed by atoms with E-state index in [1.54, 1.807) is 18.2 Å². The van der Waals surface area contributed by atoms with Gasteiger partial charge in [-0.1, -0.05) is 54.2 Å². The standard InChI is InChI=1S/C19H14N4O3S2/c24-15-9-5-4-8-13(15)17-22-23-19(26-17)28-11-16(25)21-18-20-14(10-27-18)12-6-2-1-3-7-12/h1-10,24H,11H2,(H,20,21,25). The van der Waals surface area contributed by atoms with Gasteiger partial charge >= 0.3 is 0 Å². The second kappa shape index (κ2) is 8.24. The topological polar surface area (TPSA) is 101 Å². The predicted octanol–water partition coefficient (Wildman–Crippen LogP) is 4.30. The number of carbonyl (C=O) groups excluding carboxylic acids is 1. The van der Waals surface area contributed by atoms with Crippen molar-refractivity contribution in [3.05, 3.63) is 60.0 Å². The number of aromatic nitrogens is 3. The third kappa shape index (κ3) is 4.21. The highest BCUT2D eigenvalue weighted by atomic mass is 32.2. The summed E-state index contributed by atoms with van der Waals surface area (Å²) in [5.74, 6) is 0.135. The number of amides is 1. The lowest BCUT2D eigenvalue weighted by atomic mass is 10.2. The second-order valence-electron chi connectivity index (χ2n) is 5.63. The fourth-order valence-electron chi connectivity index (χ4n) is 2.39. The van der Waals surface area contributed by atoms with E-state index < -0.39 is 0 Å². The largest absolute Gasteiger partial charge is 0.507 e. The van der Waals surface area contributed by atoms with Gasteiger partial charge in [0.2, 0.25) is 5.91 Å². The number of nitrogens with zero attached hydrogens (tertiary/aromatic N) is 3. The molecule has 0 aliphatic heterocycles. The van der Waals surface area contributed by atoms with Gasteiger partial charge in [0.1, 0.15) is 5.75 Å². The number of thiazole rings is 1. The summed E-state index contributed by atoms with van der Waals surface area (Å²) in [6.45, 7) is 0. The molecule has 0 aliphatic rings. The van der Waals surface area contributed by atoms with Gasteiger partial charge in [-0.05, 0) is 12.1 Å². The minimum atomic E-state index is -0.221. The van der Waals surface area contributed by atoms with E-state index in [1.807, 2.05) is 35.7 Å². The second-order valence-corrected chi connectivity index (χ2v) is 7.42. The zero-order chi connectivity index (χ0) is 19.3. The highest BCUT2D eigenvalue weighted by Crippen LogP contribution is 2.30. The number of carbonyl (C=O) groups is 1. The van der Waals surface area contributed by atoms with Crippen LogP contribution in [-0.4, -0.2) is 31.9 Å². The third-order valence-electron chi connectivity index (χ3n) is 3.69. The molecule has 2 N–H and O–H groups in total. The quantitative estimate of drug-likeness (QED) is 0.457. The highest BCUT2D eigenvalue weighted by Gasteiger charge is 2.14. The number of aromatic hydroxyl groups is 1. The lowest BCUT2D eigenvalue weighted by Gasteiger charge is -2.00. The molecule has 0 spiro atoms. The van der Waals surface area contributed by atoms with E-state index >= 15 is 0 Å². The molecule has 28 heavy (non-hydrogen) atoms. The van der Waals surface area contributed by atoms with E-state index in [0.717, 1.165) is 23.0 Å². The van der Waals surface area contributed by atoms with E-state index in [9.17, 15) is 9.90 Å². The molecule has 0 saturated heterocycles. The lowest BCUT2D eigenvalue weighted by Crippen LogP contribution is -2.13. The first-order valence-electron chi connectivity index (χ1n) is 8.24. The molecule has 0 atom stereocenters. The number of benzene rings is 2. The number of hydrogen-bond acceptors (Lipinski definition) is 8. The van der Waals surface area contributed by atoms with Crippen LogP contribution in [0.2, 0.25) is 0 Å². The maximum absolute atomic E-state index is 12.2. The molecular formula is C19H14N4O3S2. The van der Waals surface area contributed by atoms with Crippen molar-refractivity contribution >= 4 is 34.1 Å². The Morgan fingerprint density at radius 1 is 1.11 bits per heavy atom. The monoisotopic (exact) mass is 410 g/mol. The number of hydrogen-bond donors (Lipinski definition) is 2. The Bertz CT molecular complexity index is 1100. The molecule has 4 aromatic rings. The third-order valence-corrected chi connectivity index (χ3v) is 5.26. The Kier molecular flexibility index (Phi) is 5.36. The molecule has 0 aliphatic carbocycles. The van der Waals surface area contributed by atoms with Gasteiger partial charge < -0.3 is 14.8 Å². The average molecular weight is 410 g/mol. The maximum atomic E-state index is 12.2. The summed E-state index contributed by atoms with van der Waals surface area (Å²) in [7, 11) is 0. The van der Waals surface area contributed by atoms with Crippen LogP contribution in [0.15, 0.2) is 69.6 Å². The Balaban J connectivity index is 1.34. The van der Waals surface area contributed by atoms with Gasteiger partial charge in [0.25, 0.3) is 11.1 Å². The van der Waals surface area contributed by atoms with Crippen LogP contribution in [0.4, 0.5) is 5.13 Å². The average Bonchev–Trinajstić information content (AvgIpc) is 3.37. The number of thioether (sulfide) groups is 1. The summed E-state index contributed by atoms with van der Waals surface area (Å²) < 4.78 is 5.50. The van der Waals surface area contributed by atoms with Crippen LogP contribution in [0.5, 0.6) is 5.75 Å². The maximum Gasteiger partial charge on any atom is 0.277 e. The van der Waals surface area contributed by atoms with Crippen molar-refractivity contribution in [3.8, 4) is 28.5 Å². The van der Waals surface area contributed by atoms with Gasteiger partial charge in [-0.25, -0.2) is 4.98 Å². The molecular weight excluding hydrogens is 396 g/mol. The molecule has 2 heterocycles. The van der Waals surface area contributed by atoms with Gasteiger partial charge in [-0.15, -0.1) is 21.5 Å². The van der Waals surface area contributed by atoms with Crippen molar-refractivity contribution in [2.75, 3.05) is 11.1 Å². The fourth-order valence-corrected chi connectivity index (χ4v) is 3.69. The van der Waals surface area contributed by atoms with Crippen LogP contribution < -0.4 is 5.32 Å². The summed E-state index contributed by atoms with van der Waals surface area (Å²) in [6.07, 6.45) is 0. The molecule has 0 bridgehead atoms. The van der Waals surface area contributed by atoms with Gasteiger partial charge in [0.05, 0.1) is 17.0 Å². The summed E-state index contributed by atoms with van der Waals surface area (Å²) in [4.78, 5) is 16.6. The van der Waals surface area contributed by atoms with Gasteiger partial charge in [0, 0.05) is 10.9 Å². The Labute approximate surface area is 168 Å². The smallest absolute Gasteiger partial charge is 0.277 e. The summed E-state index contributed by atoms with van der Waals surface area (Å²) in [5, 5.41) is 23.1. The number of phenols is 1. The lowest BCUT2D eigenvalue weighted by molar-refractivity contribution is -0.113. The molecule has 0 saturated carbocycles. The van der Waals surface area contributed by atoms with Crippen LogP contribution in [0.1, 0.15) is 0 Å². The van der Waals surface area contributed by atoms with E-state index in [4.69, 9.17) is 4.42 Å². The van der Waals surface area contributed by atoms with Crippen LogP contribution >= 0.6 is 23.1 Å². The molecule has 2 aromatic carbocycles. The van der Waals surface area contributed by atoms with Crippen molar-refractivity contribution in [3.63, 3.8) is 0 Å². The van der Waals surface area contributed by atoms with Crippen molar-refractivity contribution in [1.29, 1.82) is 0 Å². The summed E-state index contributed by atoms with van der Waals surface area (Å²) >= 11 is 2.48. The predicted molar refractivity (Wildman–Crippen MR) is 108 cm³/mol. The van der Waals surface area contributed by atoms with E-state index in [0.29, 0.717) is 10.7 Å². The molecule has 140 valence electrons. The molecule has 7 nitrogen and oxygen atoms in total. The number of phenolic OH excluding ortho intramolecular Hbond substituents is 1. The zero-order valence-corrected chi connectivity index (χ0v) is 16.0. The van der Waals surface area contributed by atoms with Crippen LogP contribution in [0.25, 0.3) is 22.7 Å². The SMILES string of the molecule is O=C(CSc1nnc(-c2ccccc2O)o1)Nc1nc(-c2ccccc2)cs1. The molecule has 0 fully saturated rings. The number of rotatable bonds is 6. The van der Waals surface area contributed by atoms with E-state index in [1.165, 1.54) is 17.4 Å². The van der Waals surface area contributed by atoms with Crippen LogP contribution in [0, 0.1) is 0 Å². The first-order chi connectivity index (χ1) is 13.7. The van der Waals surface area contributed by atoms with E-state index in [2.05, 4.69) is 20.5 Å². The zero-order valence-electron chi connectivity index (χ0n) is 14.4. The molecule has 0 unspecified atom stereocenters. The molecule has 0 radical (unpaired) electrons. The summed E-state index contributed by atoms with van der Waals surface area (Å²) in [6, 6.07) is 16.4. The van der Waals surface area contributed by atoms with Gasteiger partial charge in [-0.2, -0.15) is 0 Å². The minimum absolute atomic E-state index is 0.0541. The normalized spacial score (nSPS) is 10.7. The number of para-hydroxylation sites is 1. The van der Waals surface area contributed by atoms with Crippen LogP contribution in [-0.2, 0) is 4.79 Å². The number of anilines is 1. The first kappa shape index (κ1) is 18.2. The van der Waals surface area contributed by atoms with Crippen molar-refractivity contribution in [1.82, 2.24) is 15.2 Å². The molecule has 1 amide bonds. The Hall–Kier alpha value is -3.17. The van der Waals surface area contributed by atoms with Gasteiger partial charge in [0.15, 0.2) is 5.13 Å². The molecule has 4 rings (SSSR count). The first-order valence-corrected chi connectivity index (χ1v) is 10.1. The van der Waals surface area contributed by atoms with Crippen molar-refractivity contribution in [2.45, 2.75) is 5.22 Å². The minimum Gasteiger partial charge on any atom is -0.507 e. The van der Waals surface area contributed by atoms with Crippen molar-refractivity contribution in [2.24, 2.45) is 0 Å². The number of nitrogens with one attached hydrogen (secondary N) is 1. The Morgan fingerprint density at radius 2 is 1.89 bits per heavy atom. The molecule has 9 heteroatoms. The van der Waals surface area contributed by atoms with Gasteiger partial charge in [-0.3, -0.25) is 4.79 Å². The highest BCUT2D eigenvalue weighted by molar-refractivity contribution is 7.99. The molecule has 2 aromatic heterocycles. The Morgan fingerprint density at radius 3 is 2.71 bits per heavy atom. The van der Waals surface area contributed by atoms with Crippen LogP contribution in [0.3, 0.4) is 0 Å².